The molecule has 0 spiro atoms. The molecule has 3 saturated carbocycles. The van der Waals surface area contributed by atoms with Gasteiger partial charge in [-0.25, -0.2) is 0 Å². The van der Waals surface area contributed by atoms with Gasteiger partial charge < -0.3 is 5.11 Å². The molecule has 3 fully saturated rings. The van der Waals surface area contributed by atoms with Crippen molar-refractivity contribution in [3.8, 4) is 0 Å². The van der Waals surface area contributed by atoms with Crippen molar-refractivity contribution in [2.45, 2.75) is 92.1 Å². The van der Waals surface area contributed by atoms with E-state index in [1.54, 1.807) is 11.1 Å². The SMILES string of the molecule is C/C(=C\C(C)C)C1CCC2C3CC=C4CC(O)CCC4(C)C3CCC12C. The van der Waals surface area contributed by atoms with Crippen molar-refractivity contribution in [2.75, 3.05) is 0 Å². The first-order valence-electron chi connectivity index (χ1n) is 11.3. The van der Waals surface area contributed by atoms with Crippen LogP contribution in [0.1, 0.15) is 86.0 Å². The Morgan fingerprint density at radius 2 is 1.88 bits per heavy atom. The van der Waals surface area contributed by atoms with Gasteiger partial charge in [-0.1, -0.05) is 51.0 Å². The quantitative estimate of drug-likeness (QED) is 0.558. The highest BCUT2D eigenvalue weighted by molar-refractivity contribution is 5.26. The molecule has 146 valence electrons. The first-order valence-corrected chi connectivity index (χ1v) is 11.3. The largest absolute Gasteiger partial charge is 0.393 e. The van der Waals surface area contributed by atoms with Crippen LogP contribution >= 0.6 is 0 Å². The molecule has 1 N–H and O–H groups in total. The molecule has 0 aromatic carbocycles. The van der Waals surface area contributed by atoms with Crippen LogP contribution < -0.4 is 0 Å². The predicted molar refractivity (Wildman–Crippen MR) is 110 cm³/mol. The van der Waals surface area contributed by atoms with E-state index in [4.69, 9.17) is 0 Å². The molecule has 0 aliphatic heterocycles. The van der Waals surface area contributed by atoms with Gasteiger partial charge in [0.1, 0.15) is 0 Å². The van der Waals surface area contributed by atoms with E-state index in [0.717, 1.165) is 36.5 Å². The van der Waals surface area contributed by atoms with E-state index in [2.05, 4.69) is 46.8 Å². The van der Waals surface area contributed by atoms with E-state index in [9.17, 15) is 5.11 Å². The van der Waals surface area contributed by atoms with Gasteiger partial charge in [0.15, 0.2) is 0 Å². The van der Waals surface area contributed by atoms with E-state index >= 15 is 0 Å². The zero-order chi connectivity index (χ0) is 18.7. The lowest BCUT2D eigenvalue weighted by atomic mass is 9.47. The summed E-state index contributed by atoms with van der Waals surface area (Å²) < 4.78 is 0. The summed E-state index contributed by atoms with van der Waals surface area (Å²) in [5.41, 5.74) is 4.17. The molecule has 0 aromatic heterocycles. The molecule has 0 saturated heterocycles. The summed E-state index contributed by atoms with van der Waals surface area (Å²) in [5.74, 6) is 4.13. The summed E-state index contributed by atoms with van der Waals surface area (Å²) in [4.78, 5) is 0. The molecule has 4 aliphatic carbocycles. The van der Waals surface area contributed by atoms with Crippen LogP contribution in [-0.2, 0) is 0 Å². The Bertz CT molecular complexity index is 614. The van der Waals surface area contributed by atoms with E-state index in [0.29, 0.717) is 16.7 Å². The van der Waals surface area contributed by atoms with Gasteiger partial charge in [-0.05, 0) is 98.7 Å². The average Bonchev–Trinajstić information content (AvgIpc) is 2.92. The average molecular weight is 357 g/mol. The molecular formula is C25H40O. The third kappa shape index (κ3) is 2.76. The fraction of sp³-hybridized carbons (Fsp3) is 0.840. The van der Waals surface area contributed by atoms with Crippen LogP contribution in [-0.4, -0.2) is 11.2 Å². The summed E-state index contributed by atoms with van der Waals surface area (Å²) in [6.45, 7) is 12.2. The van der Waals surface area contributed by atoms with Gasteiger partial charge >= 0.3 is 0 Å². The predicted octanol–water partition coefficient (Wildman–Crippen LogP) is 6.53. The van der Waals surface area contributed by atoms with Crippen LogP contribution in [0.4, 0.5) is 0 Å². The lowest BCUT2D eigenvalue weighted by Crippen LogP contribution is -2.50. The highest BCUT2D eigenvalue weighted by Gasteiger charge is 2.58. The Morgan fingerprint density at radius 1 is 1.12 bits per heavy atom. The van der Waals surface area contributed by atoms with Crippen LogP contribution in [0, 0.1) is 40.4 Å². The standard InChI is InChI=1S/C25H40O/c1-16(2)14-17(3)21-8-9-22-20-7-6-18-15-19(26)10-12-24(18,4)23(20)11-13-25(21,22)5/h6,14,16,19-23,26H,7-13,15H2,1-5H3/b17-14+. The Labute approximate surface area is 161 Å². The van der Waals surface area contributed by atoms with Gasteiger partial charge in [-0.15, -0.1) is 0 Å². The minimum atomic E-state index is -0.0839. The fourth-order valence-electron chi connectivity index (χ4n) is 8.03. The molecule has 0 radical (unpaired) electrons. The monoisotopic (exact) mass is 356 g/mol. The number of aliphatic hydroxyl groups excluding tert-OH is 1. The van der Waals surface area contributed by atoms with Crippen LogP contribution in [0.25, 0.3) is 0 Å². The van der Waals surface area contributed by atoms with Crippen molar-refractivity contribution in [3.05, 3.63) is 23.3 Å². The molecule has 0 bridgehead atoms. The van der Waals surface area contributed by atoms with Crippen molar-refractivity contribution in [3.63, 3.8) is 0 Å². The number of fused-ring (bicyclic) bond motifs is 5. The van der Waals surface area contributed by atoms with Gasteiger partial charge in [0, 0.05) is 0 Å². The summed E-state index contributed by atoms with van der Waals surface area (Å²) in [6.07, 6.45) is 15.1. The molecule has 7 unspecified atom stereocenters. The maximum atomic E-state index is 10.2. The number of allylic oxidation sites excluding steroid dienone is 3. The topological polar surface area (TPSA) is 20.2 Å². The highest BCUT2D eigenvalue weighted by Crippen LogP contribution is 2.67. The molecular weight excluding hydrogens is 316 g/mol. The van der Waals surface area contributed by atoms with Crippen molar-refractivity contribution >= 4 is 0 Å². The minimum Gasteiger partial charge on any atom is -0.393 e. The third-order valence-electron chi connectivity index (χ3n) is 9.22. The summed E-state index contributed by atoms with van der Waals surface area (Å²) in [5, 5.41) is 10.2. The Hall–Kier alpha value is -0.560. The van der Waals surface area contributed by atoms with E-state index in [-0.39, 0.29) is 6.10 Å². The van der Waals surface area contributed by atoms with Crippen molar-refractivity contribution in [1.82, 2.24) is 0 Å². The summed E-state index contributed by atoms with van der Waals surface area (Å²) in [7, 11) is 0. The second-order valence-corrected chi connectivity index (χ2v) is 11.0. The van der Waals surface area contributed by atoms with Gasteiger partial charge in [0.2, 0.25) is 0 Å². The molecule has 1 nitrogen and oxygen atoms in total. The van der Waals surface area contributed by atoms with E-state index in [1.165, 1.54) is 38.5 Å². The number of rotatable bonds is 2. The lowest BCUT2D eigenvalue weighted by molar-refractivity contribution is -0.0454. The maximum Gasteiger partial charge on any atom is 0.0577 e. The number of aliphatic hydroxyl groups is 1. The zero-order valence-electron chi connectivity index (χ0n) is 17.7. The Balaban J connectivity index is 1.62. The first kappa shape index (κ1) is 18.8. The minimum absolute atomic E-state index is 0.0839. The fourth-order valence-corrected chi connectivity index (χ4v) is 8.03. The van der Waals surface area contributed by atoms with Crippen LogP contribution in [0.5, 0.6) is 0 Å². The maximum absolute atomic E-state index is 10.2. The van der Waals surface area contributed by atoms with E-state index in [1.807, 2.05) is 0 Å². The van der Waals surface area contributed by atoms with Gasteiger partial charge in [-0.3, -0.25) is 0 Å². The second-order valence-electron chi connectivity index (χ2n) is 11.0. The zero-order valence-corrected chi connectivity index (χ0v) is 17.7. The molecule has 4 aliphatic rings. The first-order chi connectivity index (χ1) is 12.3. The Morgan fingerprint density at radius 3 is 2.62 bits per heavy atom. The molecule has 0 amide bonds. The van der Waals surface area contributed by atoms with Gasteiger partial charge in [-0.2, -0.15) is 0 Å². The summed E-state index contributed by atoms with van der Waals surface area (Å²) in [6, 6.07) is 0. The van der Waals surface area contributed by atoms with Gasteiger partial charge in [0.05, 0.1) is 6.10 Å². The molecule has 1 heteroatoms. The molecule has 7 atom stereocenters. The molecule has 0 heterocycles. The normalized spacial score (nSPS) is 48.7. The lowest BCUT2D eigenvalue weighted by Gasteiger charge is -2.58. The molecule has 26 heavy (non-hydrogen) atoms. The number of hydrogen-bond donors (Lipinski definition) is 1. The second kappa shape index (κ2) is 6.50. The number of hydrogen-bond acceptors (Lipinski definition) is 1. The van der Waals surface area contributed by atoms with Crippen molar-refractivity contribution in [1.29, 1.82) is 0 Å². The Kier molecular flexibility index (Phi) is 4.70. The van der Waals surface area contributed by atoms with Gasteiger partial charge in [0.25, 0.3) is 0 Å². The van der Waals surface area contributed by atoms with Crippen LogP contribution in [0.2, 0.25) is 0 Å². The third-order valence-corrected chi connectivity index (χ3v) is 9.22. The smallest absolute Gasteiger partial charge is 0.0577 e. The summed E-state index contributed by atoms with van der Waals surface area (Å²) >= 11 is 0. The van der Waals surface area contributed by atoms with Crippen molar-refractivity contribution in [2.24, 2.45) is 40.4 Å². The molecule has 0 aromatic rings. The van der Waals surface area contributed by atoms with Crippen LogP contribution in [0.3, 0.4) is 0 Å². The molecule has 4 rings (SSSR count). The highest BCUT2D eigenvalue weighted by atomic mass is 16.3. The van der Waals surface area contributed by atoms with Crippen molar-refractivity contribution < 1.29 is 5.11 Å². The van der Waals surface area contributed by atoms with E-state index < -0.39 is 0 Å². The van der Waals surface area contributed by atoms with Crippen LogP contribution in [0.15, 0.2) is 23.3 Å².